The average molecular weight is 245 g/mol. The second-order valence-electron chi connectivity index (χ2n) is 4.22. The van der Waals surface area contributed by atoms with Crippen LogP contribution in [-0.4, -0.2) is 25.8 Å². The van der Waals surface area contributed by atoms with E-state index in [2.05, 4.69) is 10.1 Å². The zero-order chi connectivity index (χ0) is 13.0. The van der Waals surface area contributed by atoms with Gasteiger partial charge in [0.25, 0.3) is 0 Å². The molecule has 18 heavy (non-hydrogen) atoms. The third-order valence-corrected chi connectivity index (χ3v) is 2.67. The van der Waals surface area contributed by atoms with Gasteiger partial charge in [-0.05, 0) is 30.5 Å². The van der Waals surface area contributed by atoms with E-state index in [1.807, 2.05) is 29.9 Å². The number of nitrogens with zero attached hydrogens (tertiary/aromatic N) is 3. The molecular weight excluding hydrogens is 230 g/mol. The highest BCUT2D eigenvalue weighted by Gasteiger charge is 2.07. The van der Waals surface area contributed by atoms with Crippen LogP contribution in [0.3, 0.4) is 0 Å². The maximum atomic E-state index is 10.6. The zero-order valence-electron chi connectivity index (χ0n) is 10.2. The van der Waals surface area contributed by atoms with Gasteiger partial charge in [-0.25, -0.2) is 0 Å². The summed E-state index contributed by atoms with van der Waals surface area (Å²) in [6.07, 6.45) is 6.07. The summed E-state index contributed by atoms with van der Waals surface area (Å²) in [5, 5.41) is 12.9. The van der Waals surface area contributed by atoms with Crippen molar-refractivity contribution in [3.8, 4) is 0 Å². The Morgan fingerprint density at radius 2 is 2.33 bits per heavy atom. The van der Waals surface area contributed by atoms with Crippen LogP contribution in [0.15, 0.2) is 30.7 Å². The first-order valence-electron chi connectivity index (χ1n) is 5.79. The number of carboxylic acids is 1. The Bertz CT molecular complexity index is 549. The van der Waals surface area contributed by atoms with Crippen LogP contribution in [0.5, 0.6) is 0 Å². The minimum Gasteiger partial charge on any atom is -0.481 e. The van der Waals surface area contributed by atoms with Crippen LogP contribution in [0.4, 0.5) is 0 Å². The minimum atomic E-state index is -0.792. The van der Waals surface area contributed by atoms with Gasteiger partial charge in [-0.3, -0.25) is 14.5 Å². The summed E-state index contributed by atoms with van der Waals surface area (Å²) in [6.45, 7) is 2.55. The van der Waals surface area contributed by atoms with E-state index in [1.54, 1.807) is 12.4 Å². The molecule has 5 nitrogen and oxygen atoms in total. The molecule has 2 aromatic rings. The summed E-state index contributed by atoms with van der Waals surface area (Å²) in [6, 6.07) is 3.75. The first kappa shape index (κ1) is 12.3. The molecule has 0 aliphatic heterocycles. The highest BCUT2D eigenvalue weighted by molar-refractivity contribution is 5.67. The third kappa shape index (κ3) is 3.16. The molecule has 2 heterocycles. The van der Waals surface area contributed by atoms with E-state index >= 15 is 0 Å². The SMILES string of the molecule is Cc1cnn(Cc2ncccc2CCC(=O)O)c1. The Hall–Kier alpha value is -2.17. The van der Waals surface area contributed by atoms with Crippen molar-refractivity contribution in [2.75, 3.05) is 0 Å². The lowest BCUT2D eigenvalue weighted by atomic mass is 10.1. The van der Waals surface area contributed by atoms with Gasteiger partial charge in [-0.1, -0.05) is 6.07 Å². The molecule has 0 saturated carbocycles. The molecule has 0 spiro atoms. The molecule has 0 aromatic carbocycles. The molecule has 1 N–H and O–H groups in total. The first-order valence-corrected chi connectivity index (χ1v) is 5.79. The van der Waals surface area contributed by atoms with Crippen LogP contribution >= 0.6 is 0 Å². The lowest BCUT2D eigenvalue weighted by Crippen LogP contribution is -2.07. The van der Waals surface area contributed by atoms with Crippen LogP contribution in [0.1, 0.15) is 23.2 Å². The van der Waals surface area contributed by atoms with Crippen molar-refractivity contribution >= 4 is 5.97 Å². The van der Waals surface area contributed by atoms with Crippen LogP contribution in [0.25, 0.3) is 0 Å². The van der Waals surface area contributed by atoms with Crippen LogP contribution in [0.2, 0.25) is 0 Å². The molecule has 0 fully saturated rings. The van der Waals surface area contributed by atoms with Crippen molar-refractivity contribution in [3.63, 3.8) is 0 Å². The summed E-state index contributed by atoms with van der Waals surface area (Å²) in [7, 11) is 0. The van der Waals surface area contributed by atoms with Crippen molar-refractivity contribution in [2.24, 2.45) is 0 Å². The van der Waals surface area contributed by atoms with Gasteiger partial charge in [0.05, 0.1) is 18.4 Å². The average Bonchev–Trinajstić information content (AvgIpc) is 2.73. The topological polar surface area (TPSA) is 68.0 Å². The van der Waals surface area contributed by atoms with Crippen molar-refractivity contribution in [1.82, 2.24) is 14.8 Å². The maximum absolute atomic E-state index is 10.6. The lowest BCUT2D eigenvalue weighted by Gasteiger charge is -2.07. The summed E-state index contributed by atoms with van der Waals surface area (Å²) < 4.78 is 1.81. The number of pyridine rings is 1. The molecule has 2 rings (SSSR count). The van der Waals surface area contributed by atoms with E-state index in [0.29, 0.717) is 13.0 Å². The number of aryl methyl sites for hydroxylation is 2. The van der Waals surface area contributed by atoms with E-state index in [-0.39, 0.29) is 6.42 Å². The molecule has 0 radical (unpaired) electrons. The summed E-state index contributed by atoms with van der Waals surface area (Å²) in [4.78, 5) is 14.9. The molecule has 0 saturated heterocycles. The largest absolute Gasteiger partial charge is 0.481 e. The Balaban J connectivity index is 2.14. The van der Waals surface area contributed by atoms with E-state index in [1.165, 1.54) is 0 Å². The van der Waals surface area contributed by atoms with E-state index in [4.69, 9.17) is 5.11 Å². The molecule has 0 unspecified atom stereocenters. The Morgan fingerprint density at radius 1 is 1.50 bits per heavy atom. The Labute approximate surface area is 105 Å². The molecule has 0 aliphatic carbocycles. The predicted octanol–water partition coefficient (Wildman–Crippen LogP) is 1.65. The predicted molar refractivity (Wildman–Crippen MR) is 66.3 cm³/mol. The fourth-order valence-electron chi connectivity index (χ4n) is 1.79. The Kier molecular flexibility index (Phi) is 3.72. The van der Waals surface area contributed by atoms with Gasteiger partial charge < -0.3 is 5.11 Å². The first-order chi connectivity index (χ1) is 8.65. The number of rotatable bonds is 5. The number of carbonyl (C=O) groups is 1. The van der Waals surface area contributed by atoms with Gasteiger partial charge in [-0.15, -0.1) is 0 Å². The Morgan fingerprint density at radius 3 is 3.00 bits per heavy atom. The smallest absolute Gasteiger partial charge is 0.303 e. The molecule has 2 aromatic heterocycles. The highest BCUT2D eigenvalue weighted by Crippen LogP contribution is 2.10. The second-order valence-corrected chi connectivity index (χ2v) is 4.22. The second kappa shape index (κ2) is 5.44. The van der Waals surface area contributed by atoms with E-state index in [9.17, 15) is 4.79 Å². The van der Waals surface area contributed by atoms with Gasteiger partial charge in [0.2, 0.25) is 0 Å². The molecule has 0 aliphatic rings. The van der Waals surface area contributed by atoms with Crippen LogP contribution < -0.4 is 0 Å². The molecular formula is C13H15N3O2. The standard InChI is InChI=1S/C13H15N3O2/c1-10-7-15-16(8-10)9-12-11(3-2-6-14-12)4-5-13(17)18/h2-3,6-8H,4-5,9H2,1H3,(H,17,18). The minimum absolute atomic E-state index is 0.122. The number of hydrogen-bond acceptors (Lipinski definition) is 3. The van der Waals surface area contributed by atoms with Gasteiger partial charge in [0.1, 0.15) is 0 Å². The summed E-state index contributed by atoms with van der Waals surface area (Å²) in [5.41, 5.74) is 2.94. The summed E-state index contributed by atoms with van der Waals surface area (Å²) in [5.74, 6) is -0.792. The fourth-order valence-corrected chi connectivity index (χ4v) is 1.79. The molecule has 5 heteroatoms. The maximum Gasteiger partial charge on any atom is 0.303 e. The third-order valence-electron chi connectivity index (χ3n) is 2.67. The number of aliphatic carboxylic acids is 1. The zero-order valence-corrected chi connectivity index (χ0v) is 10.2. The van der Waals surface area contributed by atoms with Gasteiger partial charge in [0, 0.05) is 18.8 Å². The normalized spacial score (nSPS) is 10.5. The molecule has 0 amide bonds. The van der Waals surface area contributed by atoms with E-state index < -0.39 is 5.97 Å². The van der Waals surface area contributed by atoms with Crippen LogP contribution in [-0.2, 0) is 17.8 Å². The van der Waals surface area contributed by atoms with Crippen molar-refractivity contribution < 1.29 is 9.90 Å². The van der Waals surface area contributed by atoms with Crippen molar-refractivity contribution in [3.05, 3.63) is 47.5 Å². The number of aromatic nitrogens is 3. The lowest BCUT2D eigenvalue weighted by molar-refractivity contribution is -0.136. The van der Waals surface area contributed by atoms with Gasteiger partial charge >= 0.3 is 5.97 Å². The summed E-state index contributed by atoms with van der Waals surface area (Å²) >= 11 is 0. The van der Waals surface area contributed by atoms with Gasteiger partial charge in [0.15, 0.2) is 0 Å². The van der Waals surface area contributed by atoms with Crippen LogP contribution in [0, 0.1) is 6.92 Å². The van der Waals surface area contributed by atoms with Gasteiger partial charge in [-0.2, -0.15) is 5.10 Å². The molecule has 0 atom stereocenters. The molecule has 0 bridgehead atoms. The van der Waals surface area contributed by atoms with Crippen molar-refractivity contribution in [2.45, 2.75) is 26.3 Å². The molecule has 94 valence electrons. The van der Waals surface area contributed by atoms with E-state index in [0.717, 1.165) is 16.8 Å². The fraction of sp³-hybridized carbons (Fsp3) is 0.308. The monoisotopic (exact) mass is 245 g/mol. The number of hydrogen-bond donors (Lipinski definition) is 1. The quantitative estimate of drug-likeness (QED) is 0.869. The highest BCUT2D eigenvalue weighted by atomic mass is 16.4. The number of carboxylic acid groups (broad SMARTS) is 1. The van der Waals surface area contributed by atoms with Crippen molar-refractivity contribution in [1.29, 1.82) is 0 Å².